The van der Waals surface area contributed by atoms with Crippen LogP contribution >= 0.6 is 11.6 Å². The Bertz CT molecular complexity index is 966. The van der Waals surface area contributed by atoms with E-state index in [0.29, 0.717) is 28.5 Å². The Morgan fingerprint density at radius 1 is 1.27 bits per heavy atom. The van der Waals surface area contributed by atoms with Crippen molar-refractivity contribution in [2.24, 2.45) is 7.05 Å². The number of halogens is 2. The van der Waals surface area contributed by atoms with Crippen molar-refractivity contribution < 1.29 is 8.96 Å². The number of amidine groups is 1. The maximum Gasteiger partial charge on any atom is 0.177 e. The van der Waals surface area contributed by atoms with Crippen LogP contribution in [0, 0.1) is 11.2 Å². The molecule has 3 aromatic rings. The second kappa shape index (κ2) is 6.72. The van der Waals surface area contributed by atoms with Gasteiger partial charge in [-0.1, -0.05) is 11.6 Å². The van der Waals surface area contributed by atoms with Crippen LogP contribution in [-0.2, 0) is 13.6 Å². The highest BCUT2D eigenvalue weighted by molar-refractivity contribution is 6.31. The summed E-state index contributed by atoms with van der Waals surface area (Å²) in [6.45, 7) is 2.07. The van der Waals surface area contributed by atoms with Crippen molar-refractivity contribution in [3.05, 3.63) is 64.8 Å². The predicted molar refractivity (Wildman–Crippen MR) is 101 cm³/mol. The highest BCUT2D eigenvalue weighted by Gasteiger charge is 2.19. The van der Waals surface area contributed by atoms with Gasteiger partial charge in [-0.15, -0.1) is 0 Å². The topological polar surface area (TPSA) is 35.9 Å². The molecule has 1 aliphatic rings. The van der Waals surface area contributed by atoms with Crippen LogP contribution in [0.3, 0.4) is 0 Å². The van der Waals surface area contributed by atoms with Crippen LogP contribution in [0.25, 0.3) is 10.9 Å². The number of hydrogen-bond donors (Lipinski definition) is 1. The van der Waals surface area contributed by atoms with Gasteiger partial charge in [0, 0.05) is 41.5 Å². The number of rotatable bonds is 3. The number of nitrogens with zero attached hydrogens (tertiary/aromatic N) is 3. The monoisotopic (exact) mass is 371 g/mol. The molecule has 0 amide bonds. The first-order chi connectivity index (χ1) is 12.5. The fourth-order valence-corrected chi connectivity index (χ4v) is 3.84. The zero-order valence-corrected chi connectivity index (χ0v) is 15.4. The smallest absolute Gasteiger partial charge is 0.177 e. The first-order valence-electron chi connectivity index (χ1n) is 8.79. The molecular formula is C20H21ClFN4+. The summed E-state index contributed by atoms with van der Waals surface area (Å²) in [6, 6.07) is 7.18. The molecule has 0 unspecified atom stereocenters. The van der Waals surface area contributed by atoms with Crippen molar-refractivity contribution in [2.75, 3.05) is 13.1 Å². The molecular weight excluding hydrogens is 351 g/mol. The summed E-state index contributed by atoms with van der Waals surface area (Å²) in [5.74, 6) is -0.00597. The SMILES string of the molecule is C[n+]1ccc2c(ccn2Cc2c(F)cc(C(=N)N3CCCC3)cc2Cl)c1. The maximum absolute atomic E-state index is 14.8. The first-order valence-corrected chi connectivity index (χ1v) is 9.16. The van der Waals surface area contributed by atoms with E-state index in [4.69, 9.17) is 17.0 Å². The van der Waals surface area contributed by atoms with E-state index in [0.717, 1.165) is 36.8 Å². The lowest BCUT2D eigenvalue weighted by molar-refractivity contribution is -0.670. The molecule has 0 aliphatic carbocycles. The molecule has 1 aliphatic heterocycles. The molecule has 0 bridgehead atoms. The lowest BCUT2D eigenvalue weighted by atomic mass is 10.1. The summed E-state index contributed by atoms with van der Waals surface area (Å²) < 4.78 is 18.8. The van der Waals surface area contributed by atoms with Crippen molar-refractivity contribution in [1.82, 2.24) is 9.47 Å². The number of aryl methyl sites for hydroxylation is 1. The average molecular weight is 372 g/mol. The highest BCUT2D eigenvalue weighted by atomic mass is 35.5. The molecule has 4 nitrogen and oxygen atoms in total. The van der Waals surface area contributed by atoms with Gasteiger partial charge in [-0.3, -0.25) is 5.41 Å². The molecule has 2 aromatic heterocycles. The zero-order valence-electron chi connectivity index (χ0n) is 14.7. The van der Waals surface area contributed by atoms with Gasteiger partial charge in [-0.05, 0) is 31.0 Å². The van der Waals surface area contributed by atoms with Gasteiger partial charge >= 0.3 is 0 Å². The molecule has 1 aromatic carbocycles. The number of likely N-dealkylation sites (tertiary alicyclic amines) is 1. The number of nitrogens with one attached hydrogen (secondary N) is 1. The van der Waals surface area contributed by atoms with Gasteiger partial charge in [-0.25, -0.2) is 8.96 Å². The standard InChI is InChI=1S/C20H21ClFN4/c1-24-8-5-19-14(12-24)4-9-26(19)13-16-17(21)10-15(11-18(16)22)20(23)25-6-2-3-7-25/h4-5,8-12,23H,2-3,6-7,13H2,1H3/q+1. The molecule has 1 fully saturated rings. The summed E-state index contributed by atoms with van der Waals surface area (Å²) in [5.41, 5.74) is 2.03. The van der Waals surface area contributed by atoms with Crippen molar-refractivity contribution in [2.45, 2.75) is 19.4 Å². The lowest BCUT2D eigenvalue weighted by Crippen LogP contribution is -2.27. The Hall–Kier alpha value is -2.40. The maximum atomic E-state index is 14.8. The van der Waals surface area contributed by atoms with E-state index in [-0.39, 0.29) is 5.82 Å². The van der Waals surface area contributed by atoms with Crippen molar-refractivity contribution in [3.8, 4) is 0 Å². The molecule has 1 saturated heterocycles. The van der Waals surface area contributed by atoms with E-state index in [1.165, 1.54) is 6.07 Å². The van der Waals surface area contributed by atoms with Gasteiger partial charge in [0.25, 0.3) is 0 Å². The summed E-state index contributed by atoms with van der Waals surface area (Å²) in [7, 11) is 1.97. The summed E-state index contributed by atoms with van der Waals surface area (Å²) in [6.07, 6.45) is 8.10. The van der Waals surface area contributed by atoms with Crippen LogP contribution < -0.4 is 4.57 Å². The number of benzene rings is 1. The Kier molecular flexibility index (Phi) is 4.41. The molecule has 6 heteroatoms. The average Bonchev–Trinajstić information content (AvgIpc) is 3.27. The minimum absolute atomic E-state index is 0.355. The Labute approximate surface area is 156 Å². The second-order valence-electron chi connectivity index (χ2n) is 6.86. The van der Waals surface area contributed by atoms with E-state index < -0.39 is 0 Å². The van der Waals surface area contributed by atoms with Crippen LogP contribution in [0.15, 0.2) is 42.9 Å². The van der Waals surface area contributed by atoms with Crippen LogP contribution in [0.5, 0.6) is 0 Å². The molecule has 0 saturated carbocycles. The fraction of sp³-hybridized carbons (Fsp3) is 0.300. The molecule has 3 heterocycles. The van der Waals surface area contributed by atoms with E-state index in [1.807, 2.05) is 51.8 Å². The molecule has 0 radical (unpaired) electrons. The molecule has 4 rings (SSSR count). The number of aromatic nitrogens is 2. The summed E-state index contributed by atoms with van der Waals surface area (Å²) in [5, 5.41) is 9.77. The summed E-state index contributed by atoms with van der Waals surface area (Å²) >= 11 is 6.41. The van der Waals surface area contributed by atoms with Gasteiger partial charge in [0.1, 0.15) is 18.7 Å². The minimum atomic E-state index is -0.361. The third kappa shape index (κ3) is 3.07. The van der Waals surface area contributed by atoms with Crippen molar-refractivity contribution in [1.29, 1.82) is 5.41 Å². The second-order valence-corrected chi connectivity index (χ2v) is 7.26. The van der Waals surface area contributed by atoms with E-state index in [2.05, 4.69) is 0 Å². The van der Waals surface area contributed by atoms with E-state index >= 15 is 0 Å². The summed E-state index contributed by atoms with van der Waals surface area (Å²) in [4.78, 5) is 1.98. The Balaban J connectivity index is 1.65. The van der Waals surface area contributed by atoms with Gasteiger partial charge in [-0.2, -0.15) is 0 Å². The minimum Gasteiger partial charge on any atom is -0.357 e. The third-order valence-electron chi connectivity index (χ3n) is 5.01. The molecule has 0 atom stereocenters. The number of pyridine rings is 1. The van der Waals surface area contributed by atoms with Crippen LogP contribution in [0.4, 0.5) is 4.39 Å². The molecule has 1 N–H and O–H groups in total. The van der Waals surface area contributed by atoms with Gasteiger partial charge < -0.3 is 9.47 Å². The van der Waals surface area contributed by atoms with Crippen LogP contribution in [0.2, 0.25) is 5.02 Å². The fourth-order valence-electron chi connectivity index (χ4n) is 3.58. The predicted octanol–water partition coefficient (Wildman–Crippen LogP) is 3.73. The van der Waals surface area contributed by atoms with Gasteiger partial charge in [0.2, 0.25) is 0 Å². The van der Waals surface area contributed by atoms with Crippen LogP contribution in [0.1, 0.15) is 24.0 Å². The molecule has 0 spiro atoms. The van der Waals surface area contributed by atoms with Crippen molar-refractivity contribution in [3.63, 3.8) is 0 Å². The molecule has 134 valence electrons. The Morgan fingerprint density at radius 3 is 2.77 bits per heavy atom. The quantitative estimate of drug-likeness (QED) is 0.425. The Morgan fingerprint density at radius 2 is 2.04 bits per heavy atom. The van der Waals surface area contributed by atoms with Crippen LogP contribution in [-0.4, -0.2) is 28.4 Å². The van der Waals surface area contributed by atoms with E-state index in [1.54, 1.807) is 6.07 Å². The third-order valence-corrected chi connectivity index (χ3v) is 5.35. The lowest BCUT2D eigenvalue weighted by Gasteiger charge is -2.19. The first kappa shape index (κ1) is 17.0. The van der Waals surface area contributed by atoms with Gasteiger partial charge in [0.05, 0.1) is 17.4 Å². The molecule has 26 heavy (non-hydrogen) atoms. The number of fused-ring (bicyclic) bond motifs is 1. The largest absolute Gasteiger partial charge is 0.357 e. The van der Waals surface area contributed by atoms with Crippen molar-refractivity contribution >= 4 is 28.3 Å². The van der Waals surface area contributed by atoms with Gasteiger partial charge in [0.15, 0.2) is 12.4 Å². The van der Waals surface area contributed by atoms with E-state index in [9.17, 15) is 4.39 Å². The number of hydrogen-bond acceptors (Lipinski definition) is 1. The zero-order chi connectivity index (χ0) is 18.3. The highest BCUT2D eigenvalue weighted by Crippen LogP contribution is 2.26. The normalized spacial score (nSPS) is 14.3.